The van der Waals surface area contributed by atoms with Gasteiger partial charge in [0.25, 0.3) is 0 Å². The number of allylic oxidation sites excluding steroid dienone is 2. The smallest absolute Gasteiger partial charge is 0.0255 e. The van der Waals surface area contributed by atoms with Crippen LogP contribution in [0.25, 0.3) is 0 Å². The van der Waals surface area contributed by atoms with Crippen LogP contribution in [-0.2, 0) is 0 Å². The first-order chi connectivity index (χ1) is 6.45. The average molecular weight is 177 g/mol. The van der Waals surface area contributed by atoms with E-state index in [9.17, 15) is 0 Å². The molecule has 0 aliphatic heterocycles. The van der Waals surface area contributed by atoms with Crippen molar-refractivity contribution in [3.8, 4) is 0 Å². The van der Waals surface area contributed by atoms with Crippen LogP contribution in [0, 0.1) is 0 Å². The molecule has 0 amide bonds. The molecular weight excluding hydrogens is 158 g/mol. The molecule has 0 aromatic rings. The molecule has 1 nitrogen and oxygen atoms in total. The minimum absolute atomic E-state index is 0.640. The molecule has 2 aliphatic rings. The van der Waals surface area contributed by atoms with Crippen LogP contribution in [0.3, 0.4) is 0 Å². The Hall–Kier alpha value is -0.560. The lowest BCUT2D eigenvalue weighted by atomic mass is 9.98. The maximum absolute atomic E-state index is 3.68. The molecule has 2 unspecified atom stereocenters. The van der Waals surface area contributed by atoms with E-state index in [0.29, 0.717) is 12.1 Å². The van der Waals surface area contributed by atoms with Crippen LogP contribution in [0.2, 0.25) is 0 Å². The quantitative estimate of drug-likeness (QED) is 0.639. The number of hydrogen-bond acceptors (Lipinski definition) is 1. The predicted octanol–water partition coefficient (Wildman–Crippen LogP) is 2.79. The largest absolute Gasteiger partial charge is 0.304 e. The van der Waals surface area contributed by atoms with Crippen LogP contribution in [0.5, 0.6) is 0 Å². The number of rotatable bonds is 2. The molecule has 2 rings (SSSR count). The van der Waals surface area contributed by atoms with Gasteiger partial charge >= 0.3 is 0 Å². The molecule has 2 aliphatic carbocycles. The van der Waals surface area contributed by atoms with Crippen molar-refractivity contribution in [1.82, 2.24) is 5.32 Å². The molecule has 13 heavy (non-hydrogen) atoms. The molecule has 0 saturated heterocycles. The highest BCUT2D eigenvalue weighted by molar-refractivity contribution is 5.04. The lowest BCUT2D eigenvalue weighted by Crippen LogP contribution is -2.37. The zero-order valence-corrected chi connectivity index (χ0v) is 8.21. The molecule has 72 valence electrons. The summed E-state index contributed by atoms with van der Waals surface area (Å²) in [5.41, 5.74) is 0. The summed E-state index contributed by atoms with van der Waals surface area (Å²) in [5, 5.41) is 3.68. The summed E-state index contributed by atoms with van der Waals surface area (Å²) in [6.07, 6.45) is 17.2. The molecule has 1 heteroatoms. The van der Waals surface area contributed by atoms with E-state index in [1.165, 1.54) is 38.5 Å². The van der Waals surface area contributed by atoms with Gasteiger partial charge < -0.3 is 5.32 Å². The standard InChI is InChI=1S/C12H19N/c1-3-7-11(8-4-1)13-12-9-5-2-6-10-12/h3,5,7,9,11-13H,1-2,4,6,8,10H2. The van der Waals surface area contributed by atoms with E-state index in [2.05, 4.69) is 29.6 Å². The molecule has 0 saturated carbocycles. The van der Waals surface area contributed by atoms with Crippen molar-refractivity contribution in [2.75, 3.05) is 0 Å². The van der Waals surface area contributed by atoms with Crippen LogP contribution in [0.15, 0.2) is 24.3 Å². The number of hydrogen-bond donors (Lipinski definition) is 1. The normalized spacial score (nSPS) is 33.5. The summed E-state index contributed by atoms with van der Waals surface area (Å²) in [4.78, 5) is 0. The summed E-state index contributed by atoms with van der Waals surface area (Å²) in [6.45, 7) is 0. The van der Waals surface area contributed by atoms with E-state index in [-0.39, 0.29) is 0 Å². The minimum atomic E-state index is 0.640. The Morgan fingerprint density at radius 2 is 1.38 bits per heavy atom. The lowest BCUT2D eigenvalue weighted by Gasteiger charge is -2.25. The van der Waals surface area contributed by atoms with Crippen LogP contribution in [0.4, 0.5) is 0 Å². The summed E-state index contributed by atoms with van der Waals surface area (Å²) in [7, 11) is 0. The van der Waals surface area contributed by atoms with Gasteiger partial charge in [-0.25, -0.2) is 0 Å². The van der Waals surface area contributed by atoms with Gasteiger partial charge in [0.2, 0.25) is 0 Å². The van der Waals surface area contributed by atoms with Gasteiger partial charge in [-0.3, -0.25) is 0 Å². The second-order valence-electron chi connectivity index (χ2n) is 4.10. The van der Waals surface area contributed by atoms with Crippen molar-refractivity contribution < 1.29 is 0 Å². The van der Waals surface area contributed by atoms with Gasteiger partial charge in [-0.05, 0) is 38.5 Å². The third kappa shape index (κ3) is 2.70. The fourth-order valence-electron chi connectivity index (χ4n) is 2.18. The fourth-order valence-corrected chi connectivity index (χ4v) is 2.18. The summed E-state index contributed by atoms with van der Waals surface area (Å²) in [5.74, 6) is 0. The highest BCUT2D eigenvalue weighted by Crippen LogP contribution is 2.15. The van der Waals surface area contributed by atoms with Crippen molar-refractivity contribution in [2.24, 2.45) is 0 Å². The third-order valence-corrected chi connectivity index (χ3v) is 2.94. The molecule has 0 aromatic heterocycles. The Morgan fingerprint density at radius 1 is 0.846 bits per heavy atom. The van der Waals surface area contributed by atoms with E-state index in [1.54, 1.807) is 0 Å². The van der Waals surface area contributed by atoms with Crippen molar-refractivity contribution in [1.29, 1.82) is 0 Å². The Kier molecular flexibility index (Phi) is 3.20. The first-order valence-corrected chi connectivity index (χ1v) is 5.54. The van der Waals surface area contributed by atoms with E-state index in [0.717, 1.165) is 0 Å². The van der Waals surface area contributed by atoms with Crippen LogP contribution in [-0.4, -0.2) is 12.1 Å². The zero-order chi connectivity index (χ0) is 8.93. The van der Waals surface area contributed by atoms with E-state index in [1.807, 2.05) is 0 Å². The first-order valence-electron chi connectivity index (χ1n) is 5.54. The molecule has 0 aromatic carbocycles. The predicted molar refractivity (Wildman–Crippen MR) is 56.7 cm³/mol. The van der Waals surface area contributed by atoms with Crippen molar-refractivity contribution in [2.45, 2.75) is 50.6 Å². The van der Waals surface area contributed by atoms with Gasteiger partial charge in [0.15, 0.2) is 0 Å². The Balaban J connectivity index is 1.82. The fraction of sp³-hybridized carbons (Fsp3) is 0.667. The maximum atomic E-state index is 3.68. The summed E-state index contributed by atoms with van der Waals surface area (Å²) in [6, 6.07) is 1.28. The Morgan fingerprint density at radius 3 is 1.77 bits per heavy atom. The van der Waals surface area contributed by atoms with Gasteiger partial charge in [-0.15, -0.1) is 0 Å². The van der Waals surface area contributed by atoms with Gasteiger partial charge in [0.1, 0.15) is 0 Å². The van der Waals surface area contributed by atoms with Gasteiger partial charge in [-0.2, -0.15) is 0 Å². The van der Waals surface area contributed by atoms with E-state index < -0.39 is 0 Å². The molecule has 0 fully saturated rings. The van der Waals surface area contributed by atoms with Crippen LogP contribution >= 0.6 is 0 Å². The molecule has 0 bridgehead atoms. The van der Waals surface area contributed by atoms with Gasteiger partial charge in [-0.1, -0.05) is 24.3 Å². The topological polar surface area (TPSA) is 12.0 Å². The third-order valence-electron chi connectivity index (χ3n) is 2.94. The highest BCUT2D eigenvalue weighted by atomic mass is 14.9. The zero-order valence-electron chi connectivity index (χ0n) is 8.21. The molecular formula is C12H19N. The molecule has 0 spiro atoms. The van der Waals surface area contributed by atoms with E-state index in [4.69, 9.17) is 0 Å². The van der Waals surface area contributed by atoms with Crippen LogP contribution < -0.4 is 5.32 Å². The van der Waals surface area contributed by atoms with Crippen molar-refractivity contribution in [3.63, 3.8) is 0 Å². The average Bonchev–Trinajstić information content (AvgIpc) is 2.21. The van der Waals surface area contributed by atoms with Crippen LogP contribution in [0.1, 0.15) is 38.5 Å². The second-order valence-corrected chi connectivity index (χ2v) is 4.10. The molecule has 0 heterocycles. The van der Waals surface area contributed by atoms with Gasteiger partial charge in [0, 0.05) is 12.1 Å². The van der Waals surface area contributed by atoms with Gasteiger partial charge in [0.05, 0.1) is 0 Å². The summed E-state index contributed by atoms with van der Waals surface area (Å²) < 4.78 is 0. The molecule has 0 radical (unpaired) electrons. The van der Waals surface area contributed by atoms with Crippen molar-refractivity contribution >= 4 is 0 Å². The monoisotopic (exact) mass is 177 g/mol. The molecule has 2 atom stereocenters. The summed E-state index contributed by atoms with van der Waals surface area (Å²) >= 11 is 0. The first kappa shape index (κ1) is 9.01. The minimum Gasteiger partial charge on any atom is -0.304 e. The Labute approximate surface area is 80.9 Å². The molecule has 1 N–H and O–H groups in total. The SMILES string of the molecule is C1=CC(NC2C=CCCC2)CCC1. The van der Waals surface area contributed by atoms with Crippen molar-refractivity contribution in [3.05, 3.63) is 24.3 Å². The Bertz CT molecular complexity index is 183. The lowest BCUT2D eigenvalue weighted by molar-refractivity contribution is 0.449. The van der Waals surface area contributed by atoms with E-state index >= 15 is 0 Å². The highest BCUT2D eigenvalue weighted by Gasteiger charge is 2.13. The maximum Gasteiger partial charge on any atom is 0.0255 e. The number of nitrogens with one attached hydrogen (secondary N) is 1. The second kappa shape index (κ2) is 4.61.